The SMILES string of the molecule is CN=C(NCCCNc1ccc(C(F)(F)F)cn1)NCc1ccccc1.I. The van der Waals surface area contributed by atoms with Gasteiger partial charge in [-0.25, -0.2) is 4.98 Å². The summed E-state index contributed by atoms with van der Waals surface area (Å²) in [5.41, 5.74) is 0.406. The summed E-state index contributed by atoms with van der Waals surface area (Å²) in [7, 11) is 1.70. The predicted molar refractivity (Wildman–Crippen MR) is 112 cm³/mol. The lowest BCUT2D eigenvalue weighted by atomic mass is 10.2. The summed E-state index contributed by atoms with van der Waals surface area (Å²) in [5, 5.41) is 9.39. The van der Waals surface area contributed by atoms with Crippen molar-refractivity contribution >= 4 is 35.8 Å². The highest BCUT2D eigenvalue weighted by atomic mass is 127. The van der Waals surface area contributed by atoms with Crippen LogP contribution in [-0.4, -0.2) is 31.1 Å². The van der Waals surface area contributed by atoms with E-state index in [2.05, 4.69) is 25.9 Å². The Morgan fingerprint density at radius 3 is 2.37 bits per heavy atom. The van der Waals surface area contributed by atoms with Crippen LogP contribution in [0.4, 0.5) is 19.0 Å². The number of nitrogens with zero attached hydrogens (tertiary/aromatic N) is 2. The zero-order valence-electron chi connectivity index (χ0n) is 14.9. The van der Waals surface area contributed by atoms with Gasteiger partial charge in [0.05, 0.1) is 5.56 Å². The predicted octanol–water partition coefficient (Wildman–Crippen LogP) is 3.89. The first kappa shape index (κ1) is 23.0. The molecule has 0 aliphatic heterocycles. The van der Waals surface area contributed by atoms with Gasteiger partial charge in [-0.05, 0) is 24.1 Å². The Labute approximate surface area is 173 Å². The molecular formula is C18H23F3IN5. The van der Waals surface area contributed by atoms with E-state index < -0.39 is 11.7 Å². The Morgan fingerprint density at radius 2 is 1.78 bits per heavy atom. The lowest BCUT2D eigenvalue weighted by molar-refractivity contribution is -0.137. The number of alkyl halides is 3. The first-order chi connectivity index (χ1) is 12.5. The van der Waals surface area contributed by atoms with Gasteiger partial charge >= 0.3 is 6.18 Å². The van der Waals surface area contributed by atoms with Gasteiger partial charge in [0.25, 0.3) is 0 Å². The van der Waals surface area contributed by atoms with Crippen molar-refractivity contribution in [1.29, 1.82) is 0 Å². The van der Waals surface area contributed by atoms with Crippen molar-refractivity contribution in [1.82, 2.24) is 15.6 Å². The fourth-order valence-electron chi connectivity index (χ4n) is 2.18. The Kier molecular flexibility index (Phi) is 9.90. The van der Waals surface area contributed by atoms with E-state index in [9.17, 15) is 13.2 Å². The molecule has 0 saturated heterocycles. The van der Waals surface area contributed by atoms with Crippen molar-refractivity contribution in [2.24, 2.45) is 4.99 Å². The molecule has 2 aromatic rings. The minimum atomic E-state index is -4.36. The van der Waals surface area contributed by atoms with Crippen LogP contribution in [0.15, 0.2) is 53.7 Å². The zero-order chi connectivity index (χ0) is 18.8. The van der Waals surface area contributed by atoms with Crippen LogP contribution in [0.2, 0.25) is 0 Å². The number of hydrogen-bond donors (Lipinski definition) is 3. The Hall–Kier alpha value is -2.04. The molecule has 0 saturated carbocycles. The minimum Gasteiger partial charge on any atom is -0.370 e. The van der Waals surface area contributed by atoms with Crippen LogP contribution in [0.3, 0.4) is 0 Å². The number of halogens is 4. The topological polar surface area (TPSA) is 61.3 Å². The first-order valence-corrected chi connectivity index (χ1v) is 8.24. The van der Waals surface area contributed by atoms with E-state index in [0.717, 1.165) is 24.2 Å². The van der Waals surface area contributed by atoms with Crippen LogP contribution in [0.25, 0.3) is 0 Å². The second-order valence-electron chi connectivity index (χ2n) is 5.55. The number of anilines is 1. The van der Waals surface area contributed by atoms with E-state index in [-0.39, 0.29) is 24.0 Å². The number of pyridine rings is 1. The minimum absolute atomic E-state index is 0. The normalized spacial score (nSPS) is 11.5. The molecule has 9 heteroatoms. The van der Waals surface area contributed by atoms with Crippen LogP contribution in [0.5, 0.6) is 0 Å². The van der Waals surface area contributed by atoms with Gasteiger partial charge in [0.15, 0.2) is 5.96 Å². The van der Waals surface area contributed by atoms with Crippen molar-refractivity contribution in [2.75, 3.05) is 25.5 Å². The molecule has 0 radical (unpaired) electrons. The number of aromatic nitrogens is 1. The summed E-state index contributed by atoms with van der Waals surface area (Å²) in [6, 6.07) is 12.3. The maximum Gasteiger partial charge on any atom is 0.417 e. The monoisotopic (exact) mass is 493 g/mol. The van der Waals surface area contributed by atoms with Gasteiger partial charge in [0, 0.05) is 32.9 Å². The van der Waals surface area contributed by atoms with Gasteiger partial charge in [-0.15, -0.1) is 24.0 Å². The Morgan fingerprint density at radius 1 is 1.04 bits per heavy atom. The largest absolute Gasteiger partial charge is 0.417 e. The maximum atomic E-state index is 12.5. The van der Waals surface area contributed by atoms with E-state index in [1.807, 2.05) is 30.3 Å². The summed E-state index contributed by atoms with van der Waals surface area (Å²) in [4.78, 5) is 7.92. The van der Waals surface area contributed by atoms with Crippen LogP contribution < -0.4 is 16.0 Å². The standard InChI is InChI=1S/C18H22F3N5.HI/c1-22-17(26-12-14-6-3-2-4-7-14)24-11-5-10-23-16-9-8-15(13-25-16)18(19,20)21;/h2-4,6-9,13H,5,10-12H2,1H3,(H,23,25)(H2,22,24,26);1H. The molecule has 148 valence electrons. The summed E-state index contributed by atoms with van der Waals surface area (Å²) in [6.45, 7) is 1.93. The molecule has 0 unspecified atom stereocenters. The van der Waals surface area contributed by atoms with E-state index in [1.54, 1.807) is 7.05 Å². The second-order valence-corrected chi connectivity index (χ2v) is 5.55. The molecule has 1 heterocycles. The molecule has 0 amide bonds. The molecule has 1 aromatic carbocycles. The summed E-state index contributed by atoms with van der Waals surface area (Å²) in [6.07, 6.45) is -2.78. The highest BCUT2D eigenvalue weighted by Crippen LogP contribution is 2.28. The van der Waals surface area contributed by atoms with E-state index in [0.29, 0.717) is 31.4 Å². The number of nitrogens with one attached hydrogen (secondary N) is 3. The van der Waals surface area contributed by atoms with Crippen LogP contribution in [-0.2, 0) is 12.7 Å². The molecule has 2 rings (SSSR count). The molecule has 0 spiro atoms. The number of aliphatic imine (C=N–C) groups is 1. The average Bonchev–Trinajstić information content (AvgIpc) is 2.64. The maximum absolute atomic E-state index is 12.5. The van der Waals surface area contributed by atoms with Gasteiger partial charge in [-0.2, -0.15) is 13.2 Å². The third-order valence-electron chi connectivity index (χ3n) is 3.57. The number of hydrogen-bond acceptors (Lipinski definition) is 3. The lowest BCUT2D eigenvalue weighted by Crippen LogP contribution is -2.37. The van der Waals surface area contributed by atoms with E-state index >= 15 is 0 Å². The smallest absolute Gasteiger partial charge is 0.370 e. The summed E-state index contributed by atoms with van der Waals surface area (Å²) < 4.78 is 37.4. The van der Waals surface area contributed by atoms with Crippen LogP contribution >= 0.6 is 24.0 Å². The van der Waals surface area contributed by atoms with Crippen LogP contribution in [0.1, 0.15) is 17.5 Å². The number of benzene rings is 1. The highest BCUT2D eigenvalue weighted by molar-refractivity contribution is 14.0. The fourth-order valence-corrected chi connectivity index (χ4v) is 2.18. The zero-order valence-corrected chi connectivity index (χ0v) is 17.2. The molecule has 1 aromatic heterocycles. The molecule has 0 atom stereocenters. The Balaban J connectivity index is 0.00000364. The van der Waals surface area contributed by atoms with Gasteiger partial charge < -0.3 is 16.0 Å². The Bertz CT molecular complexity index is 690. The first-order valence-electron chi connectivity index (χ1n) is 8.24. The van der Waals surface area contributed by atoms with Crippen molar-refractivity contribution in [3.8, 4) is 0 Å². The van der Waals surface area contributed by atoms with Gasteiger partial charge in [-0.3, -0.25) is 4.99 Å². The lowest BCUT2D eigenvalue weighted by Gasteiger charge is -2.12. The van der Waals surface area contributed by atoms with Crippen molar-refractivity contribution in [3.63, 3.8) is 0 Å². The summed E-state index contributed by atoms with van der Waals surface area (Å²) >= 11 is 0. The average molecular weight is 493 g/mol. The van der Waals surface area contributed by atoms with Gasteiger partial charge in [0.2, 0.25) is 0 Å². The van der Waals surface area contributed by atoms with Crippen LogP contribution in [0, 0.1) is 0 Å². The third kappa shape index (κ3) is 8.46. The van der Waals surface area contributed by atoms with Crippen molar-refractivity contribution < 1.29 is 13.2 Å². The van der Waals surface area contributed by atoms with Gasteiger partial charge in [0.1, 0.15) is 5.82 Å². The third-order valence-corrected chi connectivity index (χ3v) is 3.57. The molecule has 5 nitrogen and oxygen atoms in total. The van der Waals surface area contributed by atoms with Crippen molar-refractivity contribution in [2.45, 2.75) is 19.1 Å². The fraction of sp³-hybridized carbons (Fsp3) is 0.333. The quantitative estimate of drug-likeness (QED) is 0.237. The highest BCUT2D eigenvalue weighted by Gasteiger charge is 2.30. The molecule has 0 aliphatic rings. The van der Waals surface area contributed by atoms with Crippen molar-refractivity contribution in [3.05, 3.63) is 59.8 Å². The molecule has 0 bridgehead atoms. The molecule has 0 aliphatic carbocycles. The van der Waals surface area contributed by atoms with E-state index in [4.69, 9.17) is 0 Å². The van der Waals surface area contributed by atoms with E-state index in [1.165, 1.54) is 6.07 Å². The number of guanidine groups is 1. The molecule has 27 heavy (non-hydrogen) atoms. The summed E-state index contributed by atoms with van der Waals surface area (Å²) in [5.74, 6) is 1.12. The second kappa shape index (κ2) is 11.6. The molecule has 0 fully saturated rings. The number of rotatable bonds is 7. The molecule has 3 N–H and O–H groups in total. The van der Waals surface area contributed by atoms with Gasteiger partial charge in [-0.1, -0.05) is 30.3 Å². The molecular weight excluding hydrogens is 470 g/mol.